The Balaban J connectivity index is 1.89. The van der Waals surface area contributed by atoms with Gasteiger partial charge in [0.2, 0.25) is 0 Å². The van der Waals surface area contributed by atoms with E-state index in [0.717, 1.165) is 0 Å². The molecule has 138 valence electrons. The molecule has 0 bridgehead atoms. The first-order valence-electron chi connectivity index (χ1n) is 8.66. The van der Waals surface area contributed by atoms with E-state index in [1.807, 2.05) is 55.3 Å². The number of rotatable bonds is 3. The van der Waals surface area contributed by atoms with Crippen LogP contribution in [0.5, 0.6) is 0 Å². The molecule has 6 heteroatoms. The fourth-order valence-corrected chi connectivity index (χ4v) is 4.10. The number of hydrogen-bond donors (Lipinski definition) is 0. The Morgan fingerprint density at radius 2 is 1.96 bits per heavy atom. The van der Waals surface area contributed by atoms with Crippen molar-refractivity contribution < 1.29 is 14.3 Å². The first kappa shape index (κ1) is 18.6. The summed E-state index contributed by atoms with van der Waals surface area (Å²) in [6, 6.07) is 10.9. The van der Waals surface area contributed by atoms with E-state index in [4.69, 9.17) is 4.74 Å². The van der Waals surface area contributed by atoms with Crippen LogP contribution < -0.4 is 4.90 Å². The van der Waals surface area contributed by atoms with Gasteiger partial charge in [0.1, 0.15) is 0 Å². The van der Waals surface area contributed by atoms with E-state index in [0.29, 0.717) is 29.2 Å². The van der Waals surface area contributed by atoms with Crippen molar-refractivity contribution >= 4 is 28.8 Å². The van der Waals surface area contributed by atoms with E-state index in [1.54, 1.807) is 24.1 Å². The van der Waals surface area contributed by atoms with Crippen molar-refractivity contribution in [3.05, 3.63) is 52.2 Å². The molecule has 0 aliphatic carbocycles. The summed E-state index contributed by atoms with van der Waals surface area (Å²) in [6.07, 6.45) is -0.0275. The summed E-state index contributed by atoms with van der Waals surface area (Å²) < 4.78 is 5.90. The van der Waals surface area contributed by atoms with Crippen molar-refractivity contribution in [3.8, 4) is 0 Å². The van der Waals surface area contributed by atoms with Crippen LogP contribution in [-0.4, -0.2) is 48.6 Å². The molecule has 26 heavy (non-hydrogen) atoms. The second-order valence-corrected chi connectivity index (χ2v) is 8.18. The molecule has 0 spiro atoms. The maximum Gasteiger partial charge on any atom is 0.268 e. The molecule has 1 saturated heterocycles. The van der Waals surface area contributed by atoms with Gasteiger partial charge >= 0.3 is 0 Å². The van der Waals surface area contributed by atoms with Crippen LogP contribution in [0.2, 0.25) is 0 Å². The minimum Gasteiger partial charge on any atom is -0.369 e. The maximum absolute atomic E-state index is 13.2. The van der Waals surface area contributed by atoms with Crippen LogP contribution in [0, 0.1) is 0 Å². The second kappa shape index (κ2) is 7.21. The topological polar surface area (TPSA) is 49.9 Å². The molecule has 1 aromatic carbocycles. The second-order valence-electron chi connectivity index (χ2n) is 7.23. The van der Waals surface area contributed by atoms with Gasteiger partial charge in [-0.3, -0.25) is 9.59 Å². The Hall–Kier alpha value is -2.18. The van der Waals surface area contributed by atoms with Gasteiger partial charge in [-0.05, 0) is 44.4 Å². The molecule has 1 atom stereocenters. The molecule has 1 aliphatic heterocycles. The number of ether oxygens (including phenoxy) is 1. The first-order chi connectivity index (χ1) is 12.3. The number of carbonyl (C=O) groups excluding carboxylic acids is 2. The van der Waals surface area contributed by atoms with Crippen LogP contribution in [0.3, 0.4) is 0 Å². The zero-order valence-corrected chi connectivity index (χ0v) is 16.4. The van der Waals surface area contributed by atoms with Gasteiger partial charge in [-0.2, -0.15) is 0 Å². The number of benzene rings is 1. The van der Waals surface area contributed by atoms with Gasteiger partial charge < -0.3 is 14.5 Å². The largest absolute Gasteiger partial charge is 0.369 e. The minimum absolute atomic E-state index is 0.0275. The fourth-order valence-electron chi connectivity index (χ4n) is 3.40. The van der Waals surface area contributed by atoms with Crippen LogP contribution in [0.15, 0.2) is 41.8 Å². The highest BCUT2D eigenvalue weighted by Crippen LogP contribution is 2.27. The molecule has 1 aliphatic rings. The highest BCUT2D eigenvalue weighted by molar-refractivity contribution is 7.12. The zero-order valence-electron chi connectivity index (χ0n) is 15.6. The Bertz CT molecular complexity index is 801. The lowest BCUT2D eigenvalue weighted by atomic mass is 10.0. The Labute approximate surface area is 158 Å². The van der Waals surface area contributed by atoms with Gasteiger partial charge in [-0.1, -0.05) is 18.2 Å². The molecule has 1 fully saturated rings. The molecule has 2 heterocycles. The molecule has 3 rings (SSSR count). The van der Waals surface area contributed by atoms with E-state index in [9.17, 15) is 9.59 Å². The van der Waals surface area contributed by atoms with Gasteiger partial charge in [0.05, 0.1) is 27.8 Å². The lowest BCUT2D eigenvalue weighted by molar-refractivity contribution is -0.118. The van der Waals surface area contributed by atoms with Crippen molar-refractivity contribution in [2.45, 2.75) is 32.5 Å². The third kappa shape index (κ3) is 3.81. The average Bonchev–Trinajstić information content (AvgIpc) is 3.12. The summed E-state index contributed by atoms with van der Waals surface area (Å²) >= 11 is 1.39. The van der Waals surface area contributed by atoms with Gasteiger partial charge in [-0.15, -0.1) is 11.3 Å². The van der Waals surface area contributed by atoms with Gasteiger partial charge in [0, 0.05) is 20.1 Å². The summed E-state index contributed by atoms with van der Waals surface area (Å²) in [7, 11) is 1.71. The van der Waals surface area contributed by atoms with Gasteiger partial charge in [-0.25, -0.2) is 0 Å². The highest BCUT2D eigenvalue weighted by atomic mass is 32.1. The Morgan fingerprint density at radius 1 is 1.23 bits per heavy atom. The third-order valence-corrected chi connectivity index (χ3v) is 5.25. The van der Waals surface area contributed by atoms with Gasteiger partial charge in [0.15, 0.2) is 0 Å². The van der Waals surface area contributed by atoms with Crippen molar-refractivity contribution in [1.82, 2.24) is 4.90 Å². The summed E-state index contributed by atoms with van der Waals surface area (Å²) in [5.74, 6) is -0.189. The number of anilines is 1. The molecule has 2 amide bonds. The summed E-state index contributed by atoms with van der Waals surface area (Å²) in [6.45, 7) is 7.01. The summed E-state index contributed by atoms with van der Waals surface area (Å²) in [5.41, 5.74) is 0.763. The fraction of sp³-hybridized carbons (Fsp3) is 0.400. The molecule has 0 N–H and O–H groups in total. The minimum atomic E-state index is -0.388. The Morgan fingerprint density at radius 3 is 2.62 bits per heavy atom. The molecule has 5 nitrogen and oxygen atoms in total. The van der Waals surface area contributed by atoms with Gasteiger partial charge in [0.25, 0.3) is 11.8 Å². The third-order valence-electron chi connectivity index (χ3n) is 4.39. The number of morpholine rings is 1. The van der Waals surface area contributed by atoms with Crippen molar-refractivity contribution in [2.24, 2.45) is 0 Å². The number of nitrogens with zero attached hydrogens (tertiary/aromatic N) is 2. The number of para-hydroxylation sites is 1. The number of carbonyl (C=O) groups is 2. The molecule has 2 aromatic rings. The van der Waals surface area contributed by atoms with Crippen molar-refractivity contribution in [2.75, 3.05) is 25.0 Å². The lowest BCUT2D eigenvalue weighted by Crippen LogP contribution is -2.54. The maximum atomic E-state index is 13.2. The quantitative estimate of drug-likeness (QED) is 0.826. The van der Waals surface area contributed by atoms with Crippen LogP contribution in [0.4, 0.5) is 5.69 Å². The molecule has 0 radical (unpaired) electrons. The zero-order chi connectivity index (χ0) is 18.9. The SMILES string of the molecule is C[C@@H]1CN(C(=O)c2ccccc2N(C)C(=O)c2cccs2)CC(C)(C)O1. The highest BCUT2D eigenvalue weighted by Gasteiger charge is 2.35. The molecule has 0 saturated carbocycles. The molecule has 0 unspecified atom stereocenters. The van der Waals surface area contributed by atoms with E-state index in [2.05, 4.69) is 0 Å². The first-order valence-corrected chi connectivity index (χ1v) is 9.54. The molecular formula is C20H24N2O3S. The summed E-state index contributed by atoms with van der Waals surface area (Å²) in [5, 5.41) is 1.87. The van der Waals surface area contributed by atoms with E-state index in [-0.39, 0.29) is 23.5 Å². The van der Waals surface area contributed by atoms with Crippen LogP contribution in [0.25, 0.3) is 0 Å². The standard InChI is InChI=1S/C20H24N2O3S/c1-14-12-22(13-20(2,3)25-14)18(23)15-8-5-6-9-16(15)21(4)19(24)17-10-7-11-26-17/h5-11,14H,12-13H2,1-4H3/t14-/m1/s1. The average molecular weight is 372 g/mol. The van der Waals surface area contributed by atoms with E-state index >= 15 is 0 Å². The number of amides is 2. The number of thiophene rings is 1. The van der Waals surface area contributed by atoms with Crippen LogP contribution in [0.1, 0.15) is 40.8 Å². The summed E-state index contributed by atoms with van der Waals surface area (Å²) in [4.78, 5) is 29.9. The normalized spacial score (nSPS) is 19.2. The van der Waals surface area contributed by atoms with Crippen LogP contribution in [-0.2, 0) is 4.74 Å². The predicted molar refractivity (Wildman–Crippen MR) is 104 cm³/mol. The van der Waals surface area contributed by atoms with E-state index in [1.165, 1.54) is 11.3 Å². The van der Waals surface area contributed by atoms with Crippen molar-refractivity contribution in [3.63, 3.8) is 0 Å². The molecule has 1 aromatic heterocycles. The number of hydrogen-bond acceptors (Lipinski definition) is 4. The van der Waals surface area contributed by atoms with Crippen molar-refractivity contribution in [1.29, 1.82) is 0 Å². The monoisotopic (exact) mass is 372 g/mol. The predicted octanol–water partition coefficient (Wildman–Crippen LogP) is 3.66. The van der Waals surface area contributed by atoms with E-state index < -0.39 is 0 Å². The Kier molecular flexibility index (Phi) is 5.16. The smallest absolute Gasteiger partial charge is 0.268 e. The van der Waals surface area contributed by atoms with Crippen LogP contribution >= 0.6 is 11.3 Å². The molecular weight excluding hydrogens is 348 g/mol. The lowest BCUT2D eigenvalue weighted by Gasteiger charge is -2.42.